The lowest BCUT2D eigenvalue weighted by molar-refractivity contribution is -0.209. The van der Waals surface area contributed by atoms with Gasteiger partial charge in [0, 0.05) is 0 Å². The standard InChI is InChI=1S/C15H21N3O4/c1-7(2)8-4-3-5-9-11(8)17-15(16)18(9)14-13(21)12(20)10(19)6-22-14/h3-5,7,10,12-14,19-21H,6H2,1-2H3,(H2,16,17)/t10-,12+,13-,14-/m0/s1. The summed E-state index contributed by atoms with van der Waals surface area (Å²) in [6.45, 7) is 4.05. The Morgan fingerprint density at radius 1 is 1.27 bits per heavy atom. The predicted octanol–water partition coefficient (Wildman–Crippen LogP) is 0.353. The summed E-state index contributed by atoms with van der Waals surface area (Å²) < 4.78 is 7.06. The topological polar surface area (TPSA) is 114 Å². The average Bonchev–Trinajstić information content (AvgIpc) is 2.81. The highest BCUT2D eigenvalue weighted by Gasteiger charge is 2.40. The fourth-order valence-electron chi connectivity index (χ4n) is 2.91. The number of anilines is 1. The number of hydrogen-bond acceptors (Lipinski definition) is 6. The number of benzene rings is 1. The van der Waals surface area contributed by atoms with E-state index in [1.165, 1.54) is 0 Å². The molecule has 120 valence electrons. The van der Waals surface area contributed by atoms with E-state index < -0.39 is 24.5 Å². The molecule has 4 atom stereocenters. The molecule has 0 unspecified atom stereocenters. The third kappa shape index (κ3) is 2.26. The number of rotatable bonds is 2. The summed E-state index contributed by atoms with van der Waals surface area (Å²) >= 11 is 0. The van der Waals surface area contributed by atoms with Gasteiger partial charge in [-0.3, -0.25) is 4.57 Å². The molecule has 1 fully saturated rings. The van der Waals surface area contributed by atoms with Crippen LogP contribution in [0.5, 0.6) is 0 Å². The van der Waals surface area contributed by atoms with Crippen molar-refractivity contribution in [1.29, 1.82) is 0 Å². The fourth-order valence-corrected chi connectivity index (χ4v) is 2.91. The highest BCUT2D eigenvalue weighted by molar-refractivity contribution is 5.82. The molecule has 0 bridgehead atoms. The molecule has 7 heteroatoms. The number of aliphatic hydroxyl groups excluding tert-OH is 3. The minimum atomic E-state index is -1.29. The number of aromatic nitrogens is 2. The highest BCUT2D eigenvalue weighted by Crippen LogP contribution is 2.33. The molecule has 22 heavy (non-hydrogen) atoms. The van der Waals surface area contributed by atoms with Gasteiger partial charge < -0.3 is 25.8 Å². The largest absolute Gasteiger partial charge is 0.388 e. The van der Waals surface area contributed by atoms with Crippen LogP contribution in [0.3, 0.4) is 0 Å². The van der Waals surface area contributed by atoms with Crippen LogP contribution in [-0.4, -0.2) is 49.8 Å². The Kier molecular flexibility index (Phi) is 3.82. The first-order chi connectivity index (χ1) is 10.4. The zero-order valence-corrected chi connectivity index (χ0v) is 12.5. The Balaban J connectivity index is 2.12. The van der Waals surface area contributed by atoms with E-state index in [2.05, 4.69) is 18.8 Å². The van der Waals surface area contributed by atoms with Gasteiger partial charge in [0.15, 0.2) is 6.23 Å². The maximum absolute atomic E-state index is 10.2. The van der Waals surface area contributed by atoms with E-state index in [0.717, 1.165) is 16.6 Å². The number of ether oxygens (including phenoxy) is 1. The summed E-state index contributed by atoms with van der Waals surface area (Å²) in [6, 6.07) is 5.73. The Morgan fingerprint density at radius 3 is 2.68 bits per heavy atom. The van der Waals surface area contributed by atoms with Gasteiger partial charge >= 0.3 is 0 Å². The number of nitrogens with zero attached hydrogens (tertiary/aromatic N) is 2. The molecule has 0 amide bonds. The van der Waals surface area contributed by atoms with E-state index in [4.69, 9.17) is 10.5 Å². The van der Waals surface area contributed by atoms with Crippen molar-refractivity contribution in [3.05, 3.63) is 23.8 Å². The van der Waals surface area contributed by atoms with E-state index >= 15 is 0 Å². The number of nitrogens with two attached hydrogens (primary N) is 1. The Labute approximate surface area is 128 Å². The second kappa shape index (κ2) is 5.51. The number of imidazole rings is 1. The van der Waals surface area contributed by atoms with Gasteiger partial charge in [-0.25, -0.2) is 4.98 Å². The summed E-state index contributed by atoms with van der Waals surface area (Å²) in [5.41, 5.74) is 8.55. The first kappa shape index (κ1) is 15.2. The second-order valence-electron chi connectivity index (χ2n) is 5.98. The van der Waals surface area contributed by atoms with Crippen LogP contribution in [0.2, 0.25) is 0 Å². The minimum Gasteiger partial charge on any atom is -0.388 e. The summed E-state index contributed by atoms with van der Waals surface area (Å²) in [6.07, 6.45) is -4.57. The molecule has 0 saturated carbocycles. The van der Waals surface area contributed by atoms with Crippen molar-refractivity contribution in [1.82, 2.24) is 9.55 Å². The van der Waals surface area contributed by atoms with Crippen LogP contribution in [0.1, 0.15) is 31.6 Å². The van der Waals surface area contributed by atoms with E-state index in [-0.39, 0.29) is 18.5 Å². The van der Waals surface area contributed by atoms with Crippen LogP contribution in [-0.2, 0) is 4.74 Å². The van der Waals surface area contributed by atoms with E-state index in [1.807, 2.05) is 18.2 Å². The number of para-hydroxylation sites is 1. The molecule has 1 aliphatic heterocycles. The van der Waals surface area contributed by atoms with Crippen molar-refractivity contribution in [3.63, 3.8) is 0 Å². The third-order valence-corrected chi connectivity index (χ3v) is 4.13. The second-order valence-corrected chi connectivity index (χ2v) is 5.98. The molecular weight excluding hydrogens is 286 g/mol. The first-order valence-corrected chi connectivity index (χ1v) is 7.34. The SMILES string of the molecule is CC(C)c1cccc2c1nc(N)n2[C@H]1OC[C@H](O)[C@@H](O)[C@@H]1O. The molecule has 2 aromatic rings. The van der Waals surface area contributed by atoms with Crippen LogP contribution in [0.15, 0.2) is 18.2 Å². The third-order valence-electron chi connectivity index (χ3n) is 4.13. The van der Waals surface area contributed by atoms with Crippen molar-refractivity contribution in [2.75, 3.05) is 12.3 Å². The lowest BCUT2D eigenvalue weighted by Gasteiger charge is -2.36. The van der Waals surface area contributed by atoms with Crippen LogP contribution < -0.4 is 5.73 Å². The van der Waals surface area contributed by atoms with Crippen molar-refractivity contribution in [3.8, 4) is 0 Å². The van der Waals surface area contributed by atoms with E-state index in [0.29, 0.717) is 0 Å². The lowest BCUT2D eigenvalue weighted by Crippen LogP contribution is -2.50. The Morgan fingerprint density at radius 2 is 2.00 bits per heavy atom. The maximum Gasteiger partial charge on any atom is 0.203 e. The first-order valence-electron chi connectivity index (χ1n) is 7.34. The average molecular weight is 307 g/mol. The highest BCUT2D eigenvalue weighted by atomic mass is 16.5. The molecule has 1 aliphatic rings. The molecular formula is C15H21N3O4. The van der Waals surface area contributed by atoms with Crippen LogP contribution in [0, 0.1) is 0 Å². The Bertz CT molecular complexity index is 685. The van der Waals surface area contributed by atoms with E-state index in [1.54, 1.807) is 4.57 Å². The number of hydrogen-bond donors (Lipinski definition) is 4. The molecule has 0 radical (unpaired) electrons. The summed E-state index contributed by atoms with van der Waals surface area (Å²) in [7, 11) is 0. The fraction of sp³-hybridized carbons (Fsp3) is 0.533. The molecule has 1 aromatic heterocycles. The smallest absolute Gasteiger partial charge is 0.203 e. The molecule has 0 spiro atoms. The molecule has 7 nitrogen and oxygen atoms in total. The van der Waals surface area contributed by atoms with E-state index in [9.17, 15) is 15.3 Å². The normalized spacial score (nSPS) is 29.4. The van der Waals surface area contributed by atoms with Gasteiger partial charge in [-0.2, -0.15) is 0 Å². The predicted molar refractivity (Wildman–Crippen MR) is 81.2 cm³/mol. The van der Waals surface area contributed by atoms with Gasteiger partial charge in [-0.1, -0.05) is 26.0 Å². The minimum absolute atomic E-state index is 0.0775. The molecule has 1 aromatic carbocycles. The van der Waals surface area contributed by atoms with Crippen molar-refractivity contribution in [2.24, 2.45) is 0 Å². The number of aliphatic hydroxyl groups is 3. The van der Waals surface area contributed by atoms with Crippen LogP contribution >= 0.6 is 0 Å². The van der Waals surface area contributed by atoms with Gasteiger partial charge in [-0.05, 0) is 17.5 Å². The molecule has 2 heterocycles. The quantitative estimate of drug-likeness (QED) is 0.637. The van der Waals surface area contributed by atoms with Crippen LogP contribution in [0.25, 0.3) is 11.0 Å². The molecule has 1 saturated heterocycles. The Hall–Kier alpha value is -1.67. The van der Waals surface area contributed by atoms with Gasteiger partial charge in [0.1, 0.15) is 18.3 Å². The number of fused-ring (bicyclic) bond motifs is 1. The number of nitrogen functional groups attached to an aromatic ring is 1. The van der Waals surface area contributed by atoms with Gasteiger partial charge in [0.05, 0.1) is 17.6 Å². The maximum atomic E-state index is 10.2. The van der Waals surface area contributed by atoms with Crippen molar-refractivity contribution >= 4 is 17.0 Å². The van der Waals surface area contributed by atoms with Crippen LogP contribution in [0.4, 0.5) is 5.95 Å². The zero-order chi connectivity index (χ0) is 16.0. The molecule has 0 aliphatic carbocycles. The molecule has 5 N–H and O–H groups in total. The summed E-state index contributed by atoms with van der Waals surface area (Å²) in [5.74, 6) is 0.479. The zero-order valence-electron chi connectivity index (χ0n) is 12.5. The van der Waals surface area contributed by atoms with Gasteiger partial charge in [0.2, 0.25) is 5.95 Å². The van der Waals surface area contributed by atoms with Crippen molar-refractivity contribution < 1.29 is 20.1 Å². The molecule has 3 rings (SSSR count). The van der Waals surface area contributed by atoms with Gasteiger partial charge in [0.25, 0.3) is 0 Å². The monoisotopic (exact) mass is 307 g/mol. The van der Waals surface area contributed by atoms with Crippen molar-refractivity contribution in [2.45, 2.75) is 44.3 Å². The summed E-state index contributed by atoms with van der Waals surface area (Å²) in [4.78, 5) is 4.39. The lowest BCUT2D eigenvalue weighted by atomic mass is 10.0. The summed E-state index contributed by atoms with van der Waals surface area (Å²) in [5, 5.41) is 29.6. The van der Waals surface area contributed by atoms with Gasteiger partial charge in [-0.15, -0.1) is 0 Å².